The van der Waals surface area contributed by atoms with Gasteiger partial charge in [0.25, 0.3) is 0 Å². The van der Waals surface area contributed by atoms with Crippen LogP contribution in [0.3, 0.4) is 0 Å². The Morgan fingerprint density at radius 1 is 1.29 bits per heavy atom. The highest BCUT2D eigenvalue weighted by Gasteiger charge is 2.75. The number of Topliss-reactive ketones (excluding diaryl/α,β-unsaturated/α-hetero) is 1. The van der Waals surface area contributed by atoms with E-state index in [4.69, 9.17) is 14.2 Å². The molecule has 1 heterocycles. The van der Waals surface area contributed by atoms with Crippen LogP contribution in [0.1, 0.15) is 66.2 Å². The molecule has 2 unspecified atom stereocenters. The second-order valence-electron chi connectivity index (χ2n) is 11.3. The first-order valence-electron chi connectivity index (χ1n) is 12.7. The standard InChI is InChI=1S/C27H36O7/c1-5-6-23-33-22-12-19-18-8-7-16-11-17(29)9-10-25(16,3)24(18)20(30)13-26(19,4)27(22,34-23)21(31)14-32-15(2)28/h9-11,18-20,22-24,30H,5-8,12-14H2,1-4H3/t18-,19-,20-,22+,23?,24+,25?,26-,27+/m0/s1. The molecule has 7 heteroatoms. The number of fused-ring (bicyclic) bond motifs is 7. The molecule has 34 heavy (non-hydrogen) atoms. The molecule has 4 aliphatic carbocycles. The Morgan fingerprint density at radius 2 is 2.06 bits per heavy atom. The van der Waals surface area contributed by atoms with Gasteiger partial charge in [-0.1, -0.05) is 38.8 Å². The van der Waals surface area contributed by atoms with Gasteiger partial charge >= 0.3 is 5.97 Å². The van der Waals surface area contributed by atoms with Gasteiger partial charge in [-0.3, -0.25) is 14.4 Å². The highest BCUT2D eigenvalue weighted by atomic mass is 16.7. The van der Waals surface area contributed by atoms with Crippen molar-refractivity contribution in [2.75, 3.05) is 6.61 Å². The first-order valence-corrected chi connectivity index (χ1v) is 12.7. The smallest absolute Gasteiger partial charge is 0.303 e. The summed E-state index contributed by atoms with van der Waals surface area (Å²) < 4.78 is 18.0. The quantitative estimate of drug-likeness (QED) is 0.613. The summed E-state index contributed by atoms with van der Waals surface area (Å²) in [4.78, 5) is 37.3. The number of aliphatic hydroxyl groups excluding tert-OH is 1. The van der Waals surface area contributed by atoms with E-state index in [1.807, 2.05) is 13.0 Å². The molecule has 0 spiro atoms. The zero-order valence-electron chi connectivity index (χ0n) is 20.5. The molecular formula is C27H36O7. The minimum atomic E-state index is -1.24. The van der Waals surface area contributed by atoms with Crippen molar-refractivity contribution in [2.45, 2.75) is 90.3 Å². The minimum Gasteiger partial charge on any atom is -0.458 e. The lowest BCUT2D eigenvalue weighted by Crippen LogP contribution is -2.63. The number of carbonyl (C=O) groups is 3. The highest BCUT2D eigenvalue weighted by molar-refractivity contribution is 6.01. The van der Waals surface area contributed by atoms with Crippen molar-refractivity contribution in [3.05, 3.63) is 23.8 Å². The van der Waals surface area contributed by atoms with Crippen LogP contribution in [0.15, 0.2) is 23.8 Å². The lowest BCUT2D eigenvalue weighted by Gasteiger charge is -2.59. The summed E-state index contributed by atoms with van der Waals surface area (Å²) in [5.41, 5.74) is -1.17. The molecule has 0 radical (unpaired) electrons. The first-order chi connectivity index (χ1) is 16.1. The molecule has 0 amide bonds. The average molecular weight is 473 g/mol. The van der Waals surface area contributed by atoms with E-state index >= 15 is 0 Å². The molecule has 0 aromatic rings. The highest BCUT2D eigenvalue weighted by Crippen LogP contribution is 2.69. The number of aliphatic hydroxyl groups is 1. The Bertz CT molecular complexity index is 968. The summed E-state index contributed by atoms with van der Waals surface area (Å²) in [5, 5.41) is 11.7. The van der Waals surface area contributed by atoms with Gasteiger partial charge < -0.3 is 19.3 Å². The fourth-order valence-electron chi connectivity index (χ4n) is 8.28. The van der Waals surface area contributed by atoms with E-state index in [2.05, 4.69) is 13.8 Å². The SMILES string of the molecule is CCCC1O[C@@H]2C[C@H]3[C@@H]4CCC5=CC(=O)C=CC5(C)[C@H]4[C@@H](O)C[C@]3(C)[C@]2(C(=O)COC(C)=O)O1. The van der Waals surface area contributed by atoms with Gasteiger partial charge in [-0.05, 0) is 56.1 Å². The summed E-state index contributed by atoms with van der Waals surface area (Å²) in [6.45, 7) is 7.18. The fraction of sp³-hybridized carbons (Fsp3) is 0.741. The van der Waals surface area contributed by atoms with E-state index in [-0.39, 0.29) is 41.3 Å². The second kappa shape index (κ2) is 8.10. The van der Waals surface area contributed by atoms with E-state index in [0.717, 1.165) is 24.8 Å². The third-order valence-electron chi connectivity index (χ3n) is 9.63. The summed E-state index contributed by atoms with van der Waals surface area (Å²) in [6, 6.07) is 0. The summed E-state index contributed by atoms with van der Waals surface area (Å²) >= 11 is 0. The van der Waals surface area contributed by atoms with Crippen LogP contribution in [0.5, 0.6) is 0 Å². The van der Waals surface area contributed by atoms with Crippen LogP contribution >= 0.6 is 0 Å². The monoisotopic (exact) mass is 472 g/mol. The number of esters is 1. The Hall–Kier alpha value is -1.83. The first kappa shape index (κ1) is 23.9. The maximum absolute atomic E-state index is 13.7. The van der Waals surface area contributed by atoms with Crippen LogP contribution in [0.25, 0.3) is 0 Å². The normalized spacial score (nSPS) is 46.7. The van der Waals surface area contributed by atoms with Gasteiger partial charge in [0.1, 0.15) is 0 Å². The summed E-state index contributed by atoms with van der Waals surface area (Å²) in [7, 11) is 0. The molecule has 5 rings (SSSR count). The average Bonchev–Trinajstić information content (AvgIpc) is 3.25. The summed E-state index contributed by atoms with van der Waals surface area (Å²) in [5.74, 6) is -0.538. The lowest BCUT2D eigenvalue weighted by molar-refractivity contribution is -0.201. The number of carbonyl (C=O) groups excluding carboxylic acids is 3. The van der Waals surface area contributed by atoms with Crippen molar-refractivity contribution in [2.24, 2.45) is 28.6 Å². The molecule has 0 aromatic heterocycles. The zero-order chi connectivity index (χ0) is 24.5. The molecule has 0 bridgehead atoms. The molecule has 1 saturated heterocycles. The molecule has 1 aliphatic heterocycles. The third-order valence-corrected chi connectivity index (χ3v) is 9.63. The predicted molar refractivity (Wildman–Crippen MR) is 122 cm³/mol. The van der Waals surface area contributed by atoms with Crippen LogP contribution in [0.4, 0.5) is 0 Å². The largest absolute Gasteiger partial charge is 0.458 e. The van der Waals surface area contributed by atoms with Crippen LogP contribution < -0.4 is 0 Å². The van der Waals surface area contributed by atoms with Gasteiger partial charge in [0.2, 0.25) is 5.78 Å². The number of allylic oxidation sites excluding steroid dienone is 4. The number of ketones is 2. The van der Waals surface area contributed by atoms with Gasteiger partial charge in [-0.25, -0.2) is 0 Å². The molecule has 7 nitrogen and oxygen atoms in total. The summed E-state index contributed by atoms with van der Waals surface area (Å²) in [6.07, 6.45) is 8.04. The number of hydrogen-bond acceptors (Lipinski definition) is 7. The fourth-order valence-corrected chi connectivity index (χ4v) is 8.28. The molecular weight excluding hydrogens is 436 g/mol. The van der Waals surface area contributed by atoms with Crippen molar-refractivity contribution in [3.8, 4) is 0 Å². The van der Waals surface area contributed by atoms with E-state index < -0.39 is 35.5 Å². The van der Waals surface area contributed by atoms with E-state index in [0.29, 0.717) is 19.3 Å². The molecule has 1 N–H and O–H groups in total. The molecule has 5 aliphatic rings. The Kier molecular flexibility index (Phi) is 5.69. The minimum absolute atomic E-state index is 0.00949. The number of hydrogen-bond donors (Lipinski definition) is 1. The molecule has 186 valence electrons. The maximum atomic E-state index is 13.7. The van der Waals surface area contributed by atoms with Gasteiger partial charge in [0.05, 0.1) is 12.2 Å². The lowest BCUT2D eigenvalue weighted by atomic mass is 9.46. The van der Waals surface area contributed by atoms with Crippen molar-refractivity contribution in [3.63, 3.8) is 0 Å². The van der Waals surface area contributed by atoms with Crippen molar-refractivity contribution in [1.82, 2.24) is 0 Å². The van der Waals surface area contributed by atoms with E-state index in [9.17, 15) is 19.5 Å². The van der Waals surface area contributed by atoms with Crippen LogP contribution in [0, 0.1) is 28.6 Å². The Labute approximate surface area is 200 Å². The van der Waals surface area contributed by atoms with Gasteiger partial charge in [0.15, 0.2) is 24.3 Å². The van der Waals surface area contributed by atoms with Crippen molar-refractivity contribution >= 4 is 17.5 Å². The molecule has 9 atom stereocenters. The maximum Gasteiger partial charge on any atom is 0.303 e. The van der Waals surface area contributed by atoms with Crippen molar-refractivity contribution < 1.29 is 33.7 Å². The Balaban J connectivity index is 1.53. The van der Waals surface area contributed by atoms with E-state index in [1.54, 1.807) is 12.2 Å². The predicted octanol–water partition coefficient (Wildman–Crippen LogP) is 3.29. The van der Waals surface area contributed by atoms with Gasteiger partial charge in [-0.2, -0.15) is 0 Å². The topological polar surface area (TPSA) is 99.1 Å². The second-order valence-corrected chi connectivity index (χ2v) is 11.3. The van der Waals surface area contributed by atoms with Crippen molar-refractivity contribution in [1.29, 1.82) is 0 Å². The van der Waals surface area contributed by atoms with Crippen LogP contribution in [-0.2, 0) is 28.6 Å². The van der Waals surface area contributed by atoms with Gasteiger partial charge in [-0.15, -0.1) is 0 Å². The molecule has 4 fully saturated rings. The number of rotatable bonds is 5. The van der Waals surface area contributed by atoms with E-state index in [1.165, 1.54) is 6.92 Å². The Morgan fingerprint density at radius 3 is 2.76 bits per heavy atom. The van der Waals surface area contributed by atoms with Gasteiger partial charge in [0, 0.05) is 23.7 Å². The molecule has 3 saturated carbocycles. The zero-order valence-corrected chi connectivity index (χ0v) is 20.5. The third kappa shape index (κ3) is 3.16. The molecule has 0 aromatic carbocycles. The van der Waals surface area contributed by atoms with Crippen LogP contribution in [0.2, 0.25) is 0 Å². The van der Waals surface area contributed by atoms with Crippen LogP contribution in [-0.4, -0.2) is 53.3 Å². The number of ether oxygens (including phenoxy) is 3.